The highest BCUT2D eigenvalue weighted by atomic mass is 79.9. The van der Waals surface area contributed by atoms with E-state index in [1.54, 1.807) is 38.3 Å². The normalized spacial score (nSPS) is 18.1. The molecule has 1 aliphatic rings. The first-order valence-electron chi connectivity index (χ1n) is 8.85. The van der Waals surface area contributed by atoms with Crippen molar-refractivity contribution in [2.45, 2.75) is 18.6 Å². The molecule has 0 aliphatic carbocycles. The Balaban J connectivity index is 1.71. The topological polar surface area (TPSA) is 92.2 Å². The van der Waals surface area contributed by atoms with E-state index in [4.69, 9.17) is 16.3 Å². The average Bonchev–Trinajstić information content (AvgIpc) is 2.73. The molecule has 1 fully saturated rings. The molecule has 0 spiro atoms. The van der Waals surface area contributed by atoms with E-state index in [1.165, 1.54) is 0 Å². The molecule has 2 amide bonds. The van der Waals surface area contributed by atoms with Crippen molar-refractivity contribution >= 4 is 67.7 Å². The van der Waals surface area contributed by atoms with Gasteiger partial charge in [0.2, 0.25) is 11.8 Å². The molecule has 30 heavy (non-hydrogen) atoms. The fourth-order valence-electron chi connectivity index (χ4n) is 2.56. The summed E-state index contributed by atoms with van der Waals surface area (Å²) in [6.07, 6.45) is 0.0528. The highest BCUT2D eigenvalue weighted by molar-refractivity contribution is 9.10. The molecule has 1 atom stereocenters. The summed E-state index contributed by atoms with van der Waals surface area (Å²) in [5.74, 6) is 0.135. The molecule has 2 N–H and O–H groups in total. The predicted octanol–water partition coefficient (Wildman–Crippen LogP) is 4.45. The monoisotopic (exact) mass is 508 g/mol. The van der Waals surface area contributed by atoms with Gasteiger partial charge in [-0.15, -0.1) is 5.10 Å². The van der Waals surface area contributed by atoms with E-state index in [9.17, 15) is 9.59 Å². The molecule has 3 rings (SSSR count). The van der Waals surface area contributed by atoms with Gasteiger partial charge < -0.3 is 15.4 Å². The number of nitrogens with zero attached hydrogens (tertiary/aromatic N) is 2. The number of nitrogens with one attached hydrogen (secondary N) is 2. The lowest BCUT2D eigenvalue weighted by Crippen LogP contribution is -2.41. The van der Waals surface area contributed by atoms with Crippen molar-refractivity contribution in [1.82, 2.24) is 5.32 Å². The van der Waals surface area contributed by atoms with Gasteiger partial charge in [-0.1, -0.05) is 23.4 Å². The molecule has 156 valence electrons. The van der Waals surface area contributed by atoms with E-state index in [2.05, 4.69) is 36.8 Å². The Kier molecular flexibility index (Phi) is 7.52. The van der Waals surface area contributed by atoms with Crippen LogP contribution in [0.15, 0.2) is 57.1 Å². The van der Waals surface area contributed by atoms with Crippen LogP contribution in [-0.4, -0.2) is 35.1 Å². The highest BCUT2D eigenvalue weighted by Crippen LogP contribution is 2.26. The lowest BCUT2D eigenvalue weighted by Gasteiger charge is -2.21. The van der Waals surface area contributed by atoms with Gasteiger partial charge in [0.1, 0.15) is 11.0 Å². The fraction of sp³-hybridized carbons (Fsp3) is 0.200. The molecule has 0 aromatic heterocycles. The van der Waals surface area contributed by atoms with Gasteiger partial charge in [-0.2, -0.15) is 5.10 Å². The van der Waals surface area contributed by atoms with E-state index >= 15 is 0 Å². The van der Waals surface area contributed by atoms with E-state index in [-0.39, 0.29) is 23.4 Å². The lowest BCUT2D eigenvalue weighted by molar-refractivity contribution is -0.123. The van der Waals surface area contributed by atoms with Gasteiger partial charge in [0.15, 0.2) is 5.17 Å². The molecule has 0 radical (unpaired) electrons. The molecule has 2 aromatic carbocycles. The minimum atomic E-state index is -0.612. The summed E-state index contributed by atoms with van der Waals surface area (Å²) in [5, 5.41) is 14.0. The largest absolute Gasteiger partial charge is 0.496 e. The summed E-state index contributed by atoms with van der Waals surface area (Å²) in [4.78, 5) is 24.6. The molecule has 1 heterocycles. The van der Waals surface area contributed by atoms with Crippen LogP contribution in [0.25, 0.3) is 0 Å². The van der Waals surface area contributed by atoms with Gasteiger partial charge in [-0.3, -0.25) is 9.59 Å². The molecule has 0 bridgehead atoms. The number of halogens is 2. The van der Waals surface area contributed by atoms with Crippen LogP contribution in [0.3, 0.4) is 0 Å². The van der Waals surface area contributed by atoms with Gasteiger partial charge in [-0.05, 0) is 70.9 Å². The number of carbonyl (C=O) groups is 2. The zero-order chi connectivity index (χ0) is 21.7. The first-order chi connectivity index (χ1) is 14.4. The Morgan fingerprint density at radius 3 is 2.70 bits per heavy atom. The van der Waals surface area contributed by atoms with Crippen molar-refractivity contribution in [3.05, 3.63) is 57.5 Å². The molecule has 1 unspecified atom stereocenters. The van der Waals surface area contributed by atoms with E-state index in [1.807, 2.05) is 18.2 Å². The Morgan fingerprint density at radius 1 is 1.30 bits per heavy atom. The minimum Gasteiger partial charge on any atom is -0.496 e. The van der Waals surface area contributed by atoms with E-state index in [0.29, 0.717) is 22.2 Å². The zero-order valence-electron chi connectivity index (χ0n) is 16.1. The van der Waals surface area contributed by atoms with Gasteiger partial charge in [0, 0.05) is 17.1 Å². The van der Waals surface area contributed by atoms with Crippen LogP contribution in [0.1, 0.15) is 18.9 Å². The number of thioether (sulfide) groups is 1. The number of rotatable bonds is 5. The van der Waals surface area contributed by atoms with Gasteiger partial charge in [-0.25, -0.2) is 0 Å². The molecule has 1 aliphatic heterocycles. The van der Waals surface area contributed by atoms with Crippen molar-refractivity contribution in [2.24, 2.45) is 10.2 Å². The van der Waals surface area contributed by atoms with Crippen LogP contribution in [0.2, 0.25) is 5.02 Å². The van der Waals surface area contributed by atoms with E-state index in [0.717, 1.165) is 21.8 Å². The second-order valence-corrected chi connectivity index (χ2v) is 8.78. The number of carbonyl (C=O) groups excluding carboxylic acids is 2. The molecule has 10 heteroatoms. The molecule has 7 nitrogen and oxygen atoms in total. The predicted molar refractivity (Wildman–Crippen MR) is 125 cm³/mol. The Morgan fingerprint density at radius 2 is 2.03 bits per heavy atom. The standard InChI is InChI=1S/C20H18BrClN4O3S/c1-11(12-3-8-16(29-2)15(21)9-12)25-26-20-24-18(27)10-17(30-20)19(28)23-14-6-4-13(22)5-7-14/h3-9,17H,10H2,1-2H3,(H,23,28)(H,24,26,27). The maximum atomic E-state index is 12.5. The molecule has 2 aromatic rings. The highest BCUT2D eigenvalue weighted by Gasteiger charge is 2.30. The number of hydrogen-bond acceptors (Lipinski definition) is 6. The molecule has 0 saturated carbocycles. The van der Waals surface area contributed by atoms with Gasteiger partial charge >= 0.3 is 0 Å². The summed E-state index contributed by atoms with van der Waals surface area (Å²) >= 11 is 10.4. The Labute approximate surface area is 191 Å². The second kappa shape index (κ2) is 10.1. The van der Waals surface area contributed by atoms with Crippen LogP contribution in [0, 0.1) is 0 Å². The van der Waals surface area contributed by atoms with Crippen LogP contribution in [-0.2, 0) is 9.59 Å². The second-order valence-electron chi connectivity index (χ2n) is 6.29. The SMILES string of the molecule is COc1ccc(C(C)=N/N=C2\NC(=O)CC(C(=O)Nc3ccc(Cl)cc3)S2)cc1Br. The number of benzene rings is 2. The lowest BCUT2D eigenvalue weighted by atomic mass is 10.1. The summed E-state index contributed by atoms with van der Waals surface area (Å²) < 4.78 is 6.02. The summed E-state index contributed by atoms with van der Waals surface area (Å²) in [5.41, 5.74) is 2.10. The van der Waals surface area contributed by atoms with Crippen molar-refractivity contribution in [3.63, 3.8) is 0 Å². The zero-order valence-corrected chi connectivity index (χ0v) is 19.3. The van der Waals surface area contributed by atoms with Crippen LogP contribution < -0.4 is 15.4 Å². The van der Waals surface area contributed by atoms with Crippen LogP contribution >= 0.6 is 39.3 Å². The maximum Gasteiger partial charge on any atom is 0.238 e. The van der Waals surface area contributed by atoms with Crippen molar-refractivity contribution in [1.29, 1.82) is 0 Å². The molecular formula is C20H18BrClN4O3S. The quantitative estimate of drug-likeness (QED) is 0.460. The van der Waals surface area contributed by atoms with E-state index < -0.39 is 5.25 Å². The number of methoxy groups -OCH3 is 1. The number of amidine groups is 1. The van der Waals surface area contributed by atoms with Crippen LogP contribution in [0.5, 0.6) is 5.75 Å². The first kappa shape index (κ1) is 22.3. The number of anilines is 1. The minimum absolute atomic E-state index is 0.0528. The first-order valence-corrected chi connectivity index (χ1v) is 10.9. The molecule has 1 saturated heterocycles. The number of amides is 2. The van der Waals surface area contributed by atoms with Gasteiger partial charge in [0.05, 0.1) is 17.3 Å². The van der Waals surface area contributed by atoms with Crippen molar-refractivity contribution in [3.8, 4) is 5.75 Å². The summed E-state index contributed by atoms with van der Waals surface area (Å²) in [6, 6.07) is 12.3. The molecular weight excluding hydrogens is 492 g/mol. The number of ether oxygens (including phenoxy) is 1. The summed E-state index contributed by atoms with van der Waals surface area (Å²) in [6.45, 7) is 1.80. The maximum absolute atomic E-state index is 12.5. The third-order valence-corrected chi connectivity index (χ3v) is 6.08. The Bertz CT molecular complexity index is 1030. The fourth-order valence-corrected chi connectivity index (χ4v) is 4.16. The Hall–Kier alpha value is -2.36. The van der Waals surface area contributed by atoms with Gasteiger partial charge in [0.25, 0.3) is 0 Å². The number of hydrogen-bond donors (Lipinski definition) is 2. The van der Waals surface area contributed by atoms with Crippen molar-refractivity contribution in [2.75, 3.05) is 12.4 Å². The van der Waals surface area contributed by atoms with Crippen LogP contribution in [0.4, 0.5) is 5.69 Å². The third kappa shape index (κ3) is 5.84. The average molecular weight is 510 g/mol. The summed E-state index contributed by atoms with van der Waals surface area (Å²) in [7, 11) is 1.59. The smallest absolute Gasteiger partial charge is 0.238 e. The third-order valence-electron chi connectivity index (χ3n) is 4.14. The van der Waals surface area contributed by atoms with Crippen molar-refractivity contribution < 1.29 is 14.3 Å².